The zero-order valence-corrected chi connectivity index (χ0v) is 13.8. The minimum atomic E-state index is 0.797. The SMILES string of the molecule is S=C1Nc2ccccc2N2CCN(Cc3ccccc3)CCN12. The molecule has 2 heterocycles. The number of rotatable bonds is 2. The van der Waals surface area contributed by atoms with Gasteiger partial charge in [-0.1, -0.05) is 42.5 Å². The zero-order valence-electron chi connectivity index (χ0n) is 13.0. The van der Waals surface area contributed by atoms with Crippen molar-refractivity contribution in [3.63, 3.8) is 0 Å². The van der Waals surface area contributed by atoms with Gasteiger partial charge in [-0.3, -0.25) is 14.9 Å². The molecule has 4 nitrogen and oxygen atoms in total. The molecule has 4 rings (SSSR count). The Kier molecular flexibility index (Phi) is 3.89. The smallest absolute Gasteiger partial charge is 0.192 e. The van der Waals surface area contributed by atoms with Crippen LogP contribution in [0.4, 0.5) is 11.4 Å². The van der Waals surface area contributed by atoms with Gasteiger partial charge in [0.15, 0.2) is 5.11 Å². The molecular formula is C18H20N4S. The van der Waals surface area contributed by atoms with Crippen LogP contribution in [0.15, 0.2) is 54.6 Å². The number of nitrogens with one attached hydrogen (secondary N) is 1. The van der Waals surface area contributed by atoms with Crippen LogP contribution >= 0.6 is 12.2 Å². The number of hydrazine groups is 1. The minimum Gasteiger partial charge on any atom is -0.329 e. The molecule has 0 saturated carbocycles. The second-order valence-corrected chi connectivity index (χ2v) is 6.34. The van der Waals surface area contributed by atoms with Gasteiger partial charge in [0.05, 0.1) is 24.5 Å². The summed E-state index contributed by atoms with van der Waals surface area (Å²) in [5.41, 5.74) is 3.68. The van der Waals surface area contributed by atoms with E-state index in [-0.39, 0.29) is 0 Å². The molecule has 1 saturated heterocycles. The van der Waals surface area contributed by atoms with E-state index in [2.05, 4.69) is 68.8 Å². The van der Waals surface area contributed by atoms with Crippen molar-refractivity contribution >= 4 is 28.7 Å². The summed E-state index contributed by atoms with van der Waals surface area (Å²) in [6, 6.07) is 19.0. The first-order valence-corrected chi connectivity index (χ1v) is 8.43. The van der Waals surface area contributed by atoms with E-state index in [9.17, 15) is 0 Å². The van der Waals surface area contributed by atoms with E-state index in [0.29, 0.717) is 0 Å². The van der Waals surface area contributed by atoms with Crippen molar-refractivity contribution in [3.05, 3.63) is 60.2 Å². The Morgan fingerprint density at radius 3 is 2.35 bits per heavy atom. The third-order valence-corrected chi connectivity index (χ3v) is 4.77. The molecule has 23 heavy (non-hydrogen) atoms. The maximum absolute atomic E-state index is 5.56. The highest BCUT2D eigenvalue weighted by Gasteiger charge is 2.29. The fraction of sp³-hybridized carbons (Fsp3) is 0.278. The molecule has 0 aromatic heterocycles. The zero-order chi connectivity index (χ0) is 15.6. The lowest BCUT2D eigenvalue weighted by Crippen LogP contribution is -2.52. The predicted molar refractivity (Wildman–Crippen MR) is 98.4 cm³/mol. The van der Waals surface area contributed by atoms with Gasteiger partial charge in [0, 0.05) is 19.6 Å². The largest absolute Gasteiger partial charge is 0.329 e. The number of hydrogen-bond donors (Lipinski definition) is 1. The van der Waals surface area contributed by atoms with Crippen LogP contribution in [-0.4, -0.2) is 41.2 Å². The monoisotopic (exact) mass is 324 g/mol. The van der Waals surface area contributed by atoms with Crippen molar-refractivity contribution in [2.24, 2.45) is 0 Å². The maximum Gasteiger partial charge on any atom is 0.192 e. The topological polar surface area (TPSA) is 21.8 Å². The van der Waals surface area contributed by atoms with Crippen molar-refractivity contribution in [2.75, 3.05) is 36.5 Å². The number of hydrogen-bond acceptors (Lipinski definition) is 3. The molecule has 1 fully saturated rings. The Labute approximate surface area is 142 Å². The van der Waals surface area contributed by atoms with Crippen molar-refractivity contribution in [3.8, 4) is 0 Å². The number of nitrogens with zero attached hydrogens (tertiary/aromatic N) is 3. The van der Waals surface area contributed by atoms with Gasteiger partial charge in [-0.2, -0.15) is 0 Å². The summed E-state index contributed by atoms with van der Waals surface area (Å²) in [4.78, 5) is 2.50. The van der Waals surface area contributed by atoms with Gasteiger partial charge in [0.2, 0.25) is 0 Å². The van der Waals surface area contributed by atoms with Crippen LogP contribution in [0, 0.1) is 0 Å². The summed E-state index contributed by atoms with van der Waals surface area (Å²) in [5.74, 6) is 0. The fourth-order valence-corrected chi connectivity index (χ4v) is 3.57. The summed E-state index contributed by atoms with van der Waals surface area (Å²) >= 11 is 5.56. The predicted octanol–water partition coefficient (Wildman–Crippen LogP) is 2.94. The lowest BCUT2D eigenvalue weighted by Gasteiger charge is -2.41. The summed E-state index contributed by atoms with van der Waals surface area (Å²) in [5, 5.41) is 8.66. The minimum absolute atomic E-state index is 0.797. The molecular weight excluding hydrogens is 304 g/mol. The quantitative estimate of drug-likeness (QED) is 0.855. The lowest BCUT2D eigenvalue weighted by atomic mass is 10.2. The maximum atomic E-state index is 5.56. The molecule has 0 aliphatic carbocycles. The van der Waals surface area contributed by atoms with Gasteiger partial charge in [-0.05, 0) is 29.9 Å². The molecule has 0 radical (unpaired) electrons. The van der Waals surface area contributed by atoms with Crippen LogP contribution in [0.25, 0.3) is 0 Å². The standard InChI is InChI=1S/C18H20N4S/c23-18-19-16-8-4-5-9-17(16)21-12-10-20(11-13-22(18)21)14-15-6-2-1-3-7-15/h1-9H,10-14H2,(H,19,23). The van der Waals surface area contributed by atoms with Gasteiger partial charge in [-0.25, -0.2) is 0 Å². The molecule has 2 aromatic carbocycles. The van der Waals surface area contributed by atoms with Gasteiger partial charge >= 0.3 is 0 Å². The van der Waals surface area contributed by atoms with Gasteiger partial charge < -0.3 is 5.32 Å². The molecule has 118 valence electrons. The Balaban J connectivity index is 1.53. The van der Waals surface area contributed by atoms with E-state index in [1.54, 1.807) is 0 Å². The first-order valence-electron chi connectivity index (χ1n) is 8.02. The molecule has 0 amide bonds. The summed E-state index contributed by atoms with van der Waals surface area (Å²) in [7, 11) is 0. The highest BCUT2D eigenvalue weighted by Crippen LogP contribution is 2.32. The van der Waals surface area contributed by atoms with Crippen LogP contribution in [0.3, 0.4) is 0 Å². The Hall–Kier alpha value is -2.11. The van der Waals surface area contributed by atoms with E-state index in [4.69, 9.17) is 12.2 Å². The van der Waals surface area contributed by atoms with Crippen LogP contribution in [0.1, 0.15) is 5.56 Å². The van der Waals surface area contributed by atoms with Gasteiger partial charge in [0.25, 0.3) is 0 Å². The second-order valence-electron chi connectivity index (χ2n) is 5.96. The Bertz CT molecular complexity index is 703. The first kappa shape index (κ1) is 14.5. The molecule has 0 spiro atoms. The number of thiocarbonyl (C=S) groups is 1. The summed E-state index contributed by atoms with van der Waals surface area (Å²) in [6.45, 7) is 4.89. The Morgan fingerprint density at radius 2 is 1.52 bits per heavy atom. The van der Waals surface area contributed by atoms with E-state index < -0.39 is 0 Å². The molecule has 0 unspecified atom stereocenters. The molecule has 2 aromatic rings. The van der Waals surface area contributed by atoms with Crippen LogP contribution in [-0.2, 0) is 6.54 Å². The van der Waals surface area contributed by atoms with Crippen molar-refractivity contribution in [2.45, 2.75) is 6.54 Å². The third-order valence-electron chi connectivity index (χ3n) is 4.45. The molecule has 0 atom stereocenters. The number of fused-ring (bicyclic) bond motifs is 3. The van der Waals surface area contributed by atoms with Crippen LogP contribution in [0.2, 0.25) is 0 Å². The van der Waals surface area contributed by atoms with Crippen molar-refractivity contribution < 1.29 is 0 Å². The normalized spacial score (nSPS) is 18.0. The van der Waals surface area contributed by atoms with E-state index in [0.717, 1.165) is 43.5 Å². The van der Waals surface area contributed by atoms with E-state index >= 15 is 0 Å². The molecule has 2 aliphatic rings. The van der Waals surface area contributed by atoms with E-state index in [1.165, 1.54) is 11.3 Å². The average Bonchev–Trinajstić information content (AvgIpc) is 2.79. The lowest BCUT2D eigenvalue weighted by molar-refractivity contribution is 0.282. The third kappa shape index (κ3) is 2.90. The second kappa shape index (κ2) is 6.18. The van der Waals surface area contributed by atoms with Crippen LogP contribution in [0.5, 0.6) is 0 Å². The summed E-state index contributed by atoms with van der Waals surface area (Å²) < 4.78 is 0. The van der Waals surface area contributed by atoms with Crippen molar-refractivity contribution in [1.29, 1.82) is 0 Å². The molecule has 0 bridgehead atoms. The summed E-state index contributed by atoms with van der Waals surface area (Å²) in [6.07, 6.45) is 0. The first-order chi connectivity index (χ1) is 11.3. The highest BCUT2D eigenvalue weighted by atomic mass is 32.1. The van der Waals surface area contributed by atoms with E-state index in [1.807, 2.05) is 6.07 Å². The number of para-hydroxylation sites is 2. The molecule has 5 heteroatoms. The fourth-order valence-electron chi connectivity index (χ4n) is 3.27. The molecule has 2 aliphatic heterocycles. The number of benzene rings is 2. The average molecular weight is 324 g/mol. The van der Waals surface area contributed by atoms with Crippen molar-refractivity contribution in [1.82, 2.24) is 9.91 Å². The number of anilines is 2. The van der Waals surface area contributed by atoms with Gasteiger partial charge in [-0.15, -0.1) is 0 Å². The van der Waals surface area contributed by atoms with Crippen LogP contribution < -0.4 is 10.3 Å². The molecule has 1 N–H and O–H groups in total. The Morgan fingerprint density at radius 1 is 0.826 bits per heavy atom. The highest BCUT2D eigenvalue weighted by molar-refractivity contribution is 7.80. The van der Waals surface area contributed by atoms with Gasteiger partial charge in [0.1, 0.15) is 0 Å².